The molecule has 1 aromatic rings. The highest BCUT2D eigenvalue weighted by atomic mass is 79.9. The van der Waals surface area contributed by atoms with Crippen molar-refractivity contribution >= 4 is 34.0 Å². The molecular formula is C12H14BrNO2S. The zero-order chi connectivity index (χ0) is 12.6. The zero-order valence-corrected chi connectivity index (χ0v) is 12.4. The number of benzene rings is 1. The Kier molecular flexibility index (Phi) is 3.41. The number of carbonyl (C=O) groups excluding carboxylic acids is 1. The van der Waals surface area contributed by atoms with E-state index in [1.54, 1.807) is 4.31 Å². The molecule has 0 saturated carbocycles. The van der Waals surface area contributed by atoms with Crippen molar-refractivity contribution in [2.24, 2.45) is 0 Å². The number of amides is 1. The Morgan fingerprint density at radius 1 is 1.47 bits per heavy atom. The highest BCUT2D eigenvalue weighted by molar-refractivity contribution is 9.10. The van der Waals surface area contributed by atoms with Crippen LogP contribution in [0.3, 0.4) is 0 Å². The summed E-state index contributed by atoms with van der Waals surface area (Å²) in [5.41, 5.74) is 0.694. The molecule has 0 N–H and O–H groups in total. The van der Waals surface area contributed by atoms with E-state index in [0.717, 1.165) is 14.9 Å². The van der Waals surface area contributed by atoms with Gasteiger partial charge in [0.2, 0.25) is 0 Å². The van der Waals surface area contributed by atoms with E-state index in [1.807, 2.05) is 39.0 Å². The Bertz CT molecular complexity index is 456. The van der Waals surface area contributed by atoms with Crippen LogP contribution in [0.15, 0.2) is 27.6 Å². The molecule has 3 nitrogen and oxygen atoms in total. The van der Waals surface area contributed by atoms with Crippen molar-refractivity contribution in [2.75, 3.05) is 0 Å². The molecule has 5 heteroatoms. The first-order chi connectivity index (χ1) is 7.87. The molecular weight excluding hydrogens is 302 g/mol. The molecule has 0 aromatic heterocycles. The number of rotatable bonds is 0. The van der Waals surface area contributed by atoms with Crippen LogP contribution >= 0.6 is 27.9 Å². The molecule has 1 heterocycles. The smallest absolute Gasteiger partial charge is 0.420 e. The number of nitrogens with zero attached hydrogens (tertiary/aromatic N) is 1. The highest BCUT2D eigenvalue weighted by Crippen LogP contribution is 2.41. The van der Waals surface area contributed by atoms with E-state index in [0.29, 0.717) is 6.54 Å². The maximum absolute atomic E-state index is 11.9. The van der Waals surface area contributed by atoms with Crippen molar-refractivity contribution in [1.82, 2.24) is 4.31 Å². The SMILES string of the molecule is CC(C)(C)OC(=O)N1Cc2cccc(Br)c2S1. The maximum Gasteiger partial charge on any atom is 0.420 e. The molecule has 0 aliphatic carbocycles. The molecule has 0 fully saturated rings. The molecule has 1 aliphatic heterocycles. The van der Waals surface area contributed by atoms with E-state index in [1.165, 1.54) is 11.9 Å². The van der Waals surface area contributed by atoms with Crippen molar-refractivity contribution in [1.29, 1.82) is 0 Å². The summed E-state index contributed by atoms with van der Waals surface area (Å²) < 4.78 is 8.00. The van der Waals surface area contributed by atoms with Crippen LogP contribution in [-0.2, 0) is 11.3 Å². The van der Waals surface area contributed by atoms with Crippen LogP contribution in [0.1, 0.15) is 26.3 Å². The Hall–Kier alpha value is -0.680. The number of ether oxygens (including phenoxy) is 1. The van der Waals surface area contributed by atoms with Gasteiger partial charge in [0, 0.05) is 9.37 Å². The third-order valence-electron chi connectivity index (χ3n) is 2.16. The van der Waals surface area contributed by atoms with Crippen LogP contribution in [0.2, 0.25) is 0 Å². The fraction of sp³-hybridized carbons (Fsp3) is 0.417. The molecule has 0 spiro atoms. The predicted molar refractivity (Wildman–Crippen MR) is 71.8 cm³/mol. The van der Waals surface area contributed by atoms with Gasteiger partial charge in [0.05, 0.1) is 6.54 Å². The molecule has 1 aliphatic rings. The quantitative estimate of drug-likeness (QED) is 0.672. The van der Waals surface area contributed by atoms with Crippen LogP contribution in [-0.4, -0.2) is 16.0 Å². The molecule has 0 unspecified atom stereocenters. The number of hydrogen-bond acceptors (Lipinski definition) is 3. The summed E-state index contributed by atoms with van der Waals surface area (Å²) in [4.78, 5) is 13.0. The lowest BCUT2D eigenvalue weighted by molar-refractivity contribution is 0.0401. The third-order valence-corrected chi connectivity index (χ3v) is 4.25. The Labute approximate surface area is 114 Å². The molecule has 92 valence electrons. The van der Waals surface area contributed by atoms with Crippen LogP contribution in [0.5, 0.6) is 0 Å². The second kappa shape index (κ2) is 4.53. The van der Waals surface area contributed by atoms with Crippen molar-refractivity contribution in [3.05, 3.63) is 28.2 Å². The van der Waals surface area contributed by atoms with E-state index in [-0.39, 0.29) is 6.09 Å². The van der Waals surface area contributed by atoms with Crippen molar-refractivity contribution in [2.45, 2.75) is 37.8 Å². The van der Waals surface area contributed by atoms with Gasteiger partial charge < -0.3 is 4.74 Å². The average molecular weight is 316 g/mol. The van der Waals surface area contributed by atoms with Gasteiger partial charge in [-0.2, -0.15) is 0 Å². The fourth-order valence-corrected chi connectivity index (χ4v) is 3.06. The van der Waals surface area contributed by atoms with Gasteiger partial charge in [-0.1, -0.05) is 12.1 Å². The normalized spacial score (nSPS) is 14.7. The first-order valence-electron chi connectivity index (χ1n) is 5.33. The van der Waals surface area contributed by atoms with Crippen LogP contribution < -0.4 is 0 Å². The van der Waals surface area contributed by atoms with Gasteiger partial charge >= 0.3 is 6.09 Å². The highest BCUT2D eigenvalue weighted by Gasteiger charge is 2.29. The van der Waals surface area contributed by atoms with Gasteiger partial charge in [-0.05, 0) is 60.3 Å². The second-order valence-electron chi connectivity index (χ2n) is 4.84. The minimum Gasteiger partial charge on any atom is -0.443 e. The number of fused-ring (bicyclic) bond motifs is 1. The molecule has 0 atom stereocenters. The van der Waals surface area contributed by atoms with E-state index >= 15 is 0 Å². The van der Waals surface area contributed by atoms with Crippen LogP contribution in [0.25, 0.3) is 0 Å². The Morgan fingerprint density at radius 3 is 2.76 bits per heavy atom. The standard InChI is InChI=1S/C12H14BrNO2S/c1-12(2,3)16-11(15)14-7-8-5-4-6-9(13)10(8)17-14/h4-6H,7H2,1-3H3. The first-order valence-corrected chi connectivity index (χ1v) is 6.89. The largest absolute Gasteiger partial charge is 0.443 e. The molecule has 0 saturated heterocycles. The van der Waals surface area contributed by atoms with Gasteiger partial charge in [-0.3, -0.25) is 0 Å². The summed E-state index contributed by atoms with van der Waals surface area (Å²) in [6.07, 6.45) is -0.286. The van der Waals surface area contributed by atoms with Gasteiger partial charge in [0.25, 0.3) is 0 Å². The summed E-state index contributed by atoms with van der Waals surface area (Å²) in [6, 6.07) is 5.98. The lowest BCUT2D eigenvalue weighted by Crippen LogP contribution is -2.30. The summed E-state index contributed by atoms with van der Waals surface area (Å²) in [5.74, 6) is 0. The average Bonchev–Trinajstić information content (AvgIpc) is 2.60. The molecule has 1 amide bonds. The van der Waals surface area contributed by atoms with E-state index in [9.17, 15) is 4.79 Å². The molecule has 2 rings (SSSR count). The Morgan fingerprint density at radius 2 is 2.18 bits per heavy atom. The van der Waals surface area contributed by atoms with Crippen molar-refractivity contribution < 1.29 is 9.53 Å². The van der Waals surface area contributed by atoms with Crippen molar-refractivity contribution in [3.8, 4) is 0 Å². The second-order valence-corrected chi connectivity index (χ2v) is 6.72. The minimum absolute atomic E-state index is 0.286. The van der Waals surface area contributed by atoms with E-state index in [2.05, 4.69) is 15.9 Å². The number of carbonyl (C=O) groups is 1. The van der Waals surface area contributed by atoms with Gasteiger partial charge in [-0.25, -0.2) is 9.10 Å². The lowest BCUT2D eigenvalue weighted by atomic mass is 10.2. The lowest BCUT2D eigenvalue weighted by Gasteiger charge is -2.23. The van der Waals surface area contributed by atoms with Gasteiger partial charge in [0.15, 0.2) is 0 Å². The van der Waals surface area contributed by atoms with Gasteiger partial charge in [-0.15, -0.1) is 0 Å². The molecule has 0 bridgehead atoms. The zero-order valence-electron chi connectivity index (χ0n) is 9.99. The number of hydrogen-bond donors (Lipinski definition) is 0. The summed E-state index contributed by atoms with van der Waals surface area (Å²) >= 11 is 4.91. The summed E-state index contributed by atoms with van der Waals surface area (Å²) in [6.45, 7) is 6.20. The first kappa shape index (κ1) is 12.8. The van der Waals surface area contributed by atoms with E-state index < -0.39 is 5.60 Å². The Balaban J connectivity index is 2.10. The van der Waals surface area contributed by atoms with Crippen LogP contribution in [0, 0.1) is 0 Å². The van der Waals surface area contributed by atoms with Crippen molar-refractivity contribution in [3.63, 3.8) is 0 Å². The molecule has 1 aromatic carbocycles. The topological polar surface area (TPSA) is 29.5 Å². The molecule has 0 radical (unpaired) electrons. The van der Waals surface area contributed by atoms with Gasteiger partial charge in [0.1, 0.15) is 5.60 Å². The fourth-order valence-electron chi connectivity index (χ4n) is 1.49. The third kappa shape index (κ3) is 2.96. The summed E-state index contributed by atoms with van der Waals surface area (Å²) in [5, 5.41) is 0. The maximum atomic E-state index is 11.9. The molecule has 17 heavy (non-hydrogen) atoms. The number of halogens is 1. The van der Waals surface area contributed by atoms with Crippen LogP contribution in [0.4, 0.5) is 4.79 Å². The monoisotopic (exact) mass is 315 g/mol. The minimum atomic E-state index is -0.455. The predicted octanol–water partition coefficient (Wildman–Crippen LogP) is 4.21. The van der Waals surface area contributed by atoms with E-state index in [4.69, 9.17) is 4.74 Å². The summed E-state index contributed by atoms with van der Waals surface area (Å²) in [7, 11) is 0.